The first-order valence-electron chi connectivity index (χ1n) is 12.2. The molecule has 0 bridgehead atoms. The molecule has 5 aromatic carbocycles. The van der Waals surface area contributed by atoms with Crippen molar-refractivity contribution in [1.82, 2.24) is 4.68 Å². The Morgan fingerprint density at radius 3 is 1.92 bits per heavy atom. The quantitative estimate of drug-likeness (QED) is 0.220. The van der Waals surface area contributed by atoms with Gasteiger partial charge in [0, 0.05) is 16.6 Å². The fourth-order valence-corrected chi connectivity index (χ4v) is 6.08. The van der Waals surface area contributed by atoms with E-state index in [-0.39, 0.29) is 0 Å². The smallest absolute Gasteiger partial charge is 0.0718 e. The summed E-state index contributed by atoms with van der Waals surface area (Å²) in [4.78, 5) is 0. The van der Waals surface area contributed by atoms with Gasteiger partial charge in [0.05, 0.1) is 16.6 Å². The largest absolute Gasteiger partial charge is 0.399 e. The van der Waals surface area contributed by atoms with Crippen LogP contribution in [-0.4, -0.2) is 4.68 Å². The van der Waals surface area contributed by atoms with Gasteiger partial charge in [-0.3, -0.25) is 4.68 Å². The highest BCUT2D eigenvalue weighted by Gasteiger charge is 2.45. The molecule has 1 heterocycles. The molecule has 0 aliphatic heterocycles. The van der Waals surface area contributed by atoms with E-state index in [2.05, 4.69) is 109 Å². The number of nitrogen functional groups attached to an aromatic ring is 2. The van der Waals surface area contributed by atoms with Crippen molar-refractivity contribution < 1.29 is 0 Å². The molecule has 0 amide bonds. The lowest BCUT2D eigenvalue weighted by atomic mass is 9.67. The highest BCUT2D eigenvalue weighted by atomic mass is 15.3. The topological polar surface area (TPSA) is 57.0 Å². The van der Waals surface area contributed by atoms with Crippen LogP contribution in [0.5, 0.6) is 0 Å². The van der Waals surface area contributed by atoms with Crippen molar-refractivity contribution in [2.45, 2.75) is 5.41 Å². The minimum atomic E-state index is -0.430. The Bertz CT molecular complexity index is 1720. The fourth-order valence-electron chi connectivity index (χ4n) is 6.08. The first kappa shape index (κ1) is 20.6. The average Bonchev–Trinajstić information content (AvgIpc) is 3.42. The Kier molecular flexibility index (Phi) is 4.36. The van der Waals surface area contributed by atoms with Gasteiger partial charge in [-0.05, 0) is 57.6 Å². The second-order valence-electron chi connectivity index (χ2n) is 9.51. The van der Waals surface area contributed by atoms with E-state index in [1.165, 1.54) is 33.4 Å². The maximum atomic E-state index is 6.60. The van der Waals surface area contributed by atoms with Crippen molar-refractivity contribution in [3.8, 4) is 22.4 Å². The van der Waals surface area contributed by atoms with Crippen LogP contribution in [0.1, 0.15) is 22.3 Å². The number of aromatic nitrogens is 1. The highest BCUT2D eigenvalue weighted by molar-refractivity contribution is 5.90. The number of hydrogen-bond donors (Lipinski definition) is 2. The average molecular weight is 464 g/mol. The summed E-state index contributed by atoms with van der Waals surface area (Å²) >= 11 is 0. The summed E-state index contributed by atoms with van der Waals surface area (Å²) in [5.74, 6) is 6.60. The summed E-state index contributed by atoms with van der Waals surface area (Å²) in [6.45, 7) is 0. The van der Waals surface area contributed by atoms with Crippen LogP contribution in [0.2, 0.25) is 0 Å². The molecule has 0 unspecified atom stereocenters. The highest BCUT2D eigenvalue weighted by Crippen LogP contribution is 2.56. The van der Waals surface area contributed by atoms with E-state index in [4.69, 9.17) is 11.6 Å². The molecule has 0 fully saturated rings. The molecule has 172 valence electrons. The second-order valence-corrected chi connectivity index (χ2v) is 9.51. The van der Waals surface area contributed by atoms with Crippen LogP contribution >= 0.6 is 0 Å². The number of anilines is 1. The summed E-state index contributed by atoms with van der Waals surface area (Å²) < 4.78 is 1.75. The van der Waals surface area contributed by atoms with Crippen LogP contribution in [0.4, 0.5) is 5.69 Å². The lowest BCUT2D eigenvalue weighted by Crippen LogP contribution is -2.28. The zero-order chi connectivity index (χ0) is 24.3. The molecule has 1 aromatic heterocycles. The molecule has 3 nitrogen and oxygen atoms in total. The van der Waals surface area contributed by atoms with Crippen molar-refractivity contribution in [2.24, 2.45) is 0 Å². The molecule has 4 N–H and O–H groups in total. The van der Waals surface area contributed by atoms with Gasteiger partial charge in [-0.15, -0.1) is 0 Å². The zero-order valence-electron chi connectivity index (χ0n) is 19.7. The summed E-state index contributed by atoms with van der Waals surface area (Å²) in [6, 6.07) is 45.3. The third kappa shape index (κ3) is 2.74. The van der Waals surface area contributed by atoms with Gasteiger partial charge in [0.25, 0.3) is 0 Å². The number of benzene rings is 5. The summed E-state index contributed by atoms with van der Waals surface area (Å²) in [5, 5.41) is 1.07. The van der Waals surface area contributed by atoms with Crippen LogP contribution in [-0.2, 0) is 5.41 Å². The van der Waals surface area contributed by atoms with E-state index in [0.717, 1.165) is 22.2 Å². The van der Waals surface area contributed by atoms with E-state index in [1.807, 2.05) is 18.2 Å². The SMILES string of the molecule is Nc1ccc2cc(-c3cccc(C4(c5ccccc5)c5ccccc5-c5ccccc54)c3)n(N)c2c1. The summed E-state index contributed by atoms with van der Waals surface area (Å²) in [5.41, 5.74) is 16.9. The van der Waals surface area contributed by atoms with E-state index >= 15 is 0 Å². The van der Waals surface area contributed by atoms with Gasteiger partial charge in [-0.1, -0.05) is 103 Å². The van der Waals surface area contributed by atoms with Gasteiger partial charge in [0.1, 0.15) is 0 Å². The van der Waals surface area contributed by atoms with Crippen LogP contribution in [0, 0.1) is 0 Å². The van der Waals surface area contributed by atoms with Gasteiger partial charge in [-0.25, -0.2) is 0 Å². The monoisotopic (exact) mass is 463 g/mol. The molecule has 1 aliphatic rings. The number of nitrogens with two attached hydrogens (primary N) is 2. The predicted octanol–water partition coefficient (Wildman–Crippen LogP) is 6.97. The molecule has 3 heteroatoms. The molecule has 36 heavy (non-hydrogen) atoms. The van der Waals surface area contributed by atoms with Crippen molar-refractivity contribution in [3.63, 3.8) is 0 Å². The van der Waals surface area contributed by atoms with E-state index < -0.39 is 5.41 Å². The van der Waals surface area contributed by atoms with Gasteiger partial charge in [0.15, 0.2) is 0 Å². The second kappa shape index (κ2) is 7.62. The van der Waals surface area contributed by atoms with E-state index in [9.17, 15) is 0 Å². The minimum absolute atomic E-state index is 0.430. The fraction of sp³-hybridized carbons (Fsp3) is 0.0303. The molecule has 6 aromatic rings. The van der Waals surface area contributed by atoms with Crippen LogP contribution in [0.3, 0.4) is 0 Å². The number of fused-ring (bicyclic) bond motifs is 4. The summed E-state index contributed by atoms with van der Waals surface area (Å²) in [7, 11) is 0. The van der Waals surface area contributed by atoms with Gasteiger partial charge >= 0.3 is 0 Å². The molecule has 0 spiro atoms. The maximum Gasteiger partial charge on any atom is 0.0718 e. The Balaban J connectivity index is 1.54. The lowest BCUT2D eigenvalue weighted by molar-refractivity contribution is 0.768. The normalized spacial score (nSPS) is 13.4. The third-order valence-electron chi connectivity index (χ3n) is 7.62. The van der Waals surface area contributed by atoms with Crippen molar-refractivity contribution >= 4 is 16.6 Å². The number of hydrogen-bond acceptors (Lipinski definition) is 2. The predicted molar refractivity (Wildman–Crippen MR) is 149 cm³/mol. The Labute approximate surface area is 210 Å². The lowest BCUT2D eigenvalue weighted by Gasteiger charge is -2.34. The third-order valence-corrected chi connectivity index (χ3v) is 7.62. The molecular formula is C33H25N3. The first-order chi connectivity index (χ1) is 17.7. The van der Waals surface area contributed by atoms with Gasteiger partial charge in [0.2, 0.25) is 0 Å². The minimum Gasteiger partial charge on any atom is -0.399 e. The zero-order valence-corrected chi connectivity index (χ0v) is 19.7. The molecule has 7 rings (SSSR count). The van der Waals surface area contributed by atoms with Gasteiger partial charge in [-0.2, -0.15) is 0 Å². The maximum absolute atomic E-state index is 6.60. The first-order valence-corrected chi connectivity index (χ1v) is 12.2. The Hall–Kier alpha value is -4.76. The standard InChI is InChI=1S/C33H25N3/c34-26-18-17-23-20-31(36(35)32(23)21-26)22-9-8-12-25(19-22)33(24-10-2-1-3-11-24)29-15-6-4-13-27(29)28-14-5-7-16-30(28)33/h1-21H,34-35H2. The molecule has 0 saturated carbocycles. The van der Waals surface area contributed by atoms with E-state index in [1.54, 1.807) is 4.68 Å². The van der Waals surface area contributed by atoms with Crippen LogP contribution in [0.15, 0.2) is 127 Å². The van der Waals surface area contributed by atoms with Crippen molar-refractivity contribution in [1.29, 1.82) is 0 Å². The van der Waals surface area contributed by atoms with Crippen LogP contribution < -0.4 is 11.6 Å². The molecule has 0 radical (unpaired) electrons. The van der Waals surface area contributed by atoms with Crippen molar-refractivity contribution in [2.75, 3.05) is 11.6 Å². The molecular weight excluding hydrogens is 438 g/mol. The number of rotatable bonds is 3. The van der Waals surface area contributed by atoms with Crippen molar-refractivity contribution in [3.05, 3.63) is 150 Å². The summed E-state index contributed by atoms with van der Waals surface area (Å²) in [6.07, 6.45) is 0. The van der Waals surface area contributed by atoms with E-state index in [0.29, 0.717) is 5.69 Å². The van der Waals surface area contributed by atoms with Crippen LogP contribution in [0.25, 0.3) is 33.3 Å². The Morgan fingerprint density at radius 1 is 0.556 bits per heavy atom. The molecule has 1 aliphatic carbocycles. The Morgan fingerprint density at radius 2 is 1.19 bits per heavy atom. The van der Waals surface area contributed by atoms with Gasteiger partial charge < -0.3 is 11.6 Å². The molecule has 0 atom stereocenters. The number of nitrogens with zero attached hydrogens (tertiary/aromatic N) is 1. The molecule has 0 saturated heterocycles.